The van der Waals surface area contributed by atoms with E-state index in [9.17, 15) is 4.79 Å². The summed E-state index contributed by atoms with van der Waals surface area (Å²) in [6, 6.07) is 15.8. The van der Waals surface area contributed by atoms with Crippen molar-refractivity contribution in [2.75, 3.05) is 19.7 Å². The number of para-hydroxylation sites is 1. The summed E-state index contributed by atoms with van der Waals surface area (Å²) in [7, 11) is 0. The lowest BCUT2D eigenvalue weighted by Gasteiger charge is -2.42. The summed E-state index contributed by atoms with van der Waals surface area (Å²) in [5.74, 6) is 0.0127. The molecule has 4 aromatic rings. The standard InChI is InChI=1S/C24H23N5O2/c30-23(21-15-20-19(26-21)7-4-11-25-20)28-12-9-24(10-13-28)22-17(8-14-31-24)16-29(27-22)18-5-2-1-3-6-18/h1-7,11,15-16,26H,8-10,12-14H2. The van der Waals surface area contributed by atoms with Gasteiger partial charge in [-0.15, -0.1) is 0 Å². The zero-order chi connectivity index (χ0) is 20.8. The highest BCUT2D eigenvalue weighted by molar-refractivity contribution is 5.97. The van der Waals surface area contributed by atoms with Crippen LogP contribution in [0.15, 0.2) is 60.9 Å². The van der Waals surface area contributed by atoms with Gasteiger partial charge < -0.3 is 14.6 Å². The second-order valence-electron chi connectivity index (χ2n) is 8.29. The summed E-state index contributed by atoms with van der Waals surface area (Å²) in [5.41, 5.74) is 5.19. The number of H-pyrrole nitrogens is 1. The van der Waals surface area contributed by atoms with Crippen LogP contribution in [0.2, 0.25) is 0 Å². The maximum atomic E-state index is 13.1. The number of likely N-dealkylation sites (tertiary alicyclic amines) is 1. The lowest BCUT2D eigenvalue weighted by atomic mass is 9.83. The van der Waals surface area contributed by atoms with Gasteiger partial charge in [-0.05, 0) is 55.2 Å². The Morgan fingerprint density at radius 2 is 1.94 bits per heavy atom. The van der Waals surface area contributed by atoms with E-state index in [-0.39, 0.29) is 5.91 Å². The Bertz CT molecular complexity index is 1220. The van der Waals surface area contributed by atoms with E-state index >= 15 is 0 Å². The highest BCUT2D eigenvalue weighted by atomic mass is 16.5. The predicted octanol–water partition coefficient (Wildman–Crippen LogP) is 3.45. The van der Waals surface area contributed by atoms with Crippen molar-refractivity contribution < 1.29 is 9.53 Å². The number of fused-ring (bicyclic) bond motifs is 3. The van der Waals surface area contributed by atoms with Crippen molar-refractivity contribution in [2.45, 2.75) is 24.9 Å². The van der Waals surface area contributed by atoms with Crippen LogP contribution in [0.25, 0.3) is 16.7 Å². The fourth-order valence-corrected chi connectivity index (χ4v) is 4.81. The highest BCUT2D eigenvalue weighted by Gasteiger charge is 2.44. The molecule has 0 aliphatic carbocycles. The van der Waals surface area contributed by atoms with Crippen LogP contribution in [0.5, 0.6) is 0 Å². The monoisotopic (exact) mass is 413 g/mol. The number of hydrogen-bond acceptors (Lipinski definition) is 4. The van der Waals surface area contributed by atoms with Crippen LogP contribution >= 0.6 is 0 Å². The van der Waals surface area contributed by atoms with Crippen LogP contribution in [0.3, 0.4) is 0 Å². The number of rotatable bonds is 2. The van der Waals surface area contributed by atoms with Gasteiger partial charge in [0.1, 0.15) is 11.3 Å². The average molecular weight is 413 g/mol. The van der Waals surface area contributed by atoms with Crippen LogP contribution in [0.1, 0.15) is 34.6 Å². The first-order chi connectivity index (χ1) is 15.2. The molecule has 1 fully saturated rings. The number of carbonyl (C=O) groups excluding carboxylic acids is 1. The average Bonchev–Trinajstić information content (AvgIpc) is 3.45. The van der Waals surface area contributed by atoms with Crippen molar-refractivity contribution in [3.05, 3.63) is 77.9 Å². The number of nitrogens with zero attached hydrogens (tertiary/aromatic N) is 4. The lowest BCUT2D eigenvalue weighted by Crippen LogP contribution is -2.48. The topological polar surface area (TPSA) is 76.0 Å². The third-order valence-electron chi connectivity index (χ3n) is 6.47. The van der Waals surface area contributed by atoms with Crippen molar-refractivity contribution in [3.8, 4) is 5.69 Å². The maximum absolute atomic E-state index is 13.1. The predicted molar refractivity (Wildman–Crippen MR) is 116 cm³/mol. The fraction of sp³-hybridized carbons (Fsp3) is 0.292. The first-order valence-electron chi connectivity index (χ1n) is 10.7. The van der Waals surface area contributed by atoms with E-state index in [1.165, 1.54) is 5.56 Å². The molecule has 6 rings (SSSR count). The third kappa shape index (κ3) is 3.04. The van der Waals surface area contributed by atoms with Crippen molar-refractivity contribution >= 4 is 16.9 Å². The van der Waals surface area contributed by atoms with Gasteiger partial charge in [0.25, 0.3) is 5.91 Å². The first kappa shape index (κ1) is 18.3. The van der Waals surface area contributed by atoms with Crippen molar-refractivity contribution in [1.29, 1.82) is 0 Å². The molecule has 0 radical (unpaired) electrons. The van der Waals surface area contributed by atoms with Gasteiger partial charge in [-0.2, -0.15) is 5.10 Å². The molecular weight excluding hydrogens is 390 g/mol. The highest BCUT2D eigenvalue weighted by Crippen LogP contribution is 2.41. The Balaban J connectivity index is 1.24. The second-order valence-corrected chi connectivity index (χ2v) is 8.29. The number of aromatic amines is 1. The molecule has 0 unspecified atom stereocenters. The molecule has 156 valence electrons. The SMILES string of the molecule is O=C(c1cc2ncccc2[nH]1)N1CCC2(CC1)OCCc1cn(-c3ccccc3)nc12. The molecule has 1 N–H and O–H groups in total. The van der Waals surface area contributed by atoms with E-state index in [0.29, 0.717) is 25.4 Å². The number of amides is 1. The number of hydrogen-bond donors (Lipinski definition) is 1. The maximum Gasteiger partial charge on any atom is 0.270 e. The first-order valence-corrected chi connectivity index (χ1v) is 10.7. The molecule has 2 aliphatic rings. The normalized spacial score (nSPS) is 17.7. The number of aromatic nitrogens is 4. The Hall–Kier alpha value is -3.45. The Morgan fingerprint density at radius 3 is 2.74 bits per heavy atom. The van der Waals surface area contributed by atoms with Gasteiger partial charge in [-0.25, -0.2) is 4.68 Å². The number of benzene rings is 1. The van der Waals surface area contributed by atoms with E-state index < -0.39 is 5.60 Å². The molecule has 31 heavy (non-hydrogen) atoms. The summed E-state index contributed by atoms with van der Waals surface area (Å²) < 4.78 is 8.29. The molecule has 1 amide bonds. The molecule has 7 heteroatoms. The van der Waals surface area contributed by atoms with Gasteiger partial charge in [-0.3, -0.25) is 9.78 Å². The smallest absolute Gasteiger partial charge is 0.270 e. The Labute approximate surface area is 179 Å². The van der Waals surface area contributed by atoms with Gasteiger partial charge in [0, 0.05) is 25.5 Å². The molecule has 0 atom stereocenters. The van der Waals surface area contributed by atoms with E-state index in [4.69, 9.17) is 9.84 Å². The van der Waals surface area contributed by atoms with E-state index in [0.717, 1.165) is 41.7 Å². The summed E-state index contributed by atoms with van der Waals surface area (Å²) in [4.78, 5) is 22.5. The van der Waals surface area contributed by atoms with Gasteiger partial charge in [0.2, 0.25) is 0 Å². The molecule has 1 spiro atoms. The minimum Gasteiger partial charge on any atom is -0.368 e. The number of ether oxygens (including phenoxy) is 1. The quantitative estimate of drug-likeness (QED) is 0.546. The summed E-state index contributed by atoms with van der Waals surface area (Å²) >= 11 is 0. The molecule has 2 aliphatic heterocycles. The second kappa shape index (κ2) is 7.06. The van der Waals surface area contributed by atoms with Gasteiger partial charge in [0.15, 0.2) is 0 Å². The zero-order valence-electron chi connectivity index (χ0n) is 17.1. The van der Waals surface area contributed by atoms with Crippen molar-refractivity contribution in [3.63, 3.8) is 0 Å². The van der Waals surface area contributed by atoms with E-state index in [2.05, 4.69) is 28.3 Å². The molecule has 0 saturated carbocycles. The minimum atomic E-state index is -0.410. The van der Waals surface area contributed by atoms with Crippen LogP contribution in [0, 0.1) is 0 Å². The van der Waals surface area contributed by atoms with E-state index in [1.54, 1.807) is 6.20 Å². The summed E-state index contributed by atoms with van der Waals surface area (Å²) in [6.45, 7) is 1.97. The number of pyridine rings is 1. The summed E-state index contributed by atoms with van der Waals surface area (Å²) in [5, 5.41) is 4.93. The number of piperidine rings is 1. The third-order valence-corrected chi connectivity index (χ3v) is 6.47. The summed E-state index contributed by atoms with van der Waals surface area (Å²) in [6.07, 6.45) is 6.23. The molecular formula is C24H23N5O2. The largest absolute Gasteiger partial charge is 0.368 e. The fourth-order valence-electron chi connectivity index (χ4n) is 4.81. The van der Waals surface area contributed by atoms with Crippen LogP contribution in [0.4, 0.5) is 0 Å². The lowest BCUT2D eigenvalue weighted by molar-refractivity contribution is -0.0963. The zero-order valence-corrected chi connectivity index (χ0v) is 17.1. The van der Waals surface area contributed by atoms with Gasteiger partial charge in [0.05, 0.1) is 29.0 Å². The van der Waals surface area contributed by atoms with Crippen molar-refractivity contribution in [1.82, 2.24) is 24.6 Å². The van der Waals surface area contributed by atoms with Crippen molar-refractivity contribution in [2.24, 2.45) is 0 Å². The van der Waals surface area contributed by atoms with Crippen LogP contribution in [-0.2, 0) is 16.8 Å². The Morgan fingerprint density at radius 1 is 1.10 bits per heavy atom. The molecule has 0 bridgehead atoms. The molecule has 1 saturated heterocycles. The number of carbonyl (C=O) groups is 1. The molecule has 1 aromatic carbocycles. The van der Waals surface area contributed by atoms with Crippen LogP contribution in [-0.4, -0.2) is 50.3 Å². The molecule has 3 aromatic heterocycles. The molecule has 5 heterocycles. The number of nitrogens with one attached hydrogen (secondary N) is 1. The molecule has 7 nitrogen and oxygen atoms in total. The Kier molecular flexibility index (Phi) is 4.17. The minimum absolute atomic E-state index is 0.0127. The van der Waals surface area contributed by atoms with Crippen LogP contribution < -0.4 is 0 Å². The van der Waals surface area contributed by atoms with E-state index in [1.807, 2.05) is 46.0 Å². The van der Waals surface area contributed by atoms with Gasteiger partial charge in [-0.1, -0.05) is 18.2 Å². The van der Waals surface area contributed by atoms with Gasteiger partial charge >= 0.3 is 0 Å².